The van der Waals surface area contributed by atoms with Crippen LogP contribution in [0.5, 0.6) is 11.5 Å². The lowest BCUT2D eigenvalue weighted by Gasteiger charge is -2.40. The number of phenols is 2. The molecule has 2 aromatic carbocycles. The molecule has 0 radical (unpaired) electrons. The number of benzene rings is 2. The van der Waals surface area contributed by atoms with Crippen molar-refractivity contribution in [2.24, 2.45) is 0 Å². The molecule has 4 nitrogen and oxygen atoms in total. The SMILES string of the molecule is C/C=C\C=C/CC.CC.CC1(c2ccccc2)CCN(C(=O)c2ccc(O)cc2O)CC1. The van der Waals surface area contributed by atoms with Gasteiger partial charge in [0, 0.05) is 19.2 Å². The maximum atomic E-state index is 12.6. The van der Waals surface area contributed by atoms with Crippen LogP contribution in [-0.2, 0) is 5.41 Å². The Balaban J connectivity index is 0.000000488. The van der Waals surface area contributed by atoms with Gasteiger partial charge < -0.3 is 15.1 Å². The zero-order valence-corrected chi connectivity index (χ0v) is 20.2. The zero-order chi connectivity index (χ0) is 24.0. The van der Waals surface area contributed by atoms with Crippen LogP contribution in [0.25, 0.3) is 0 Å². The standard InChI is InChI=1S/C19H21NO3.C7H12.C2H6/c1-19(14-5-3-2-4-6-14)9-11-20(12-10-19)18(23)16-8-7-15(21)13-17(16)22;1-3-5-7-6-4-2;1-2/h2-8,13,21-22H,9-12H2,1H3;3,5-7H,4H2,1-2H3;1-2H3/b;5-3-,7-6-;. The molecule has 0 spiro atoms. The van der Waals surface area contributed by atoms with E-state index >= 15 is 0 Å². The highest BCUT2D eigenvalue weighted by Gasteiger charge is 2.33. The van der Waals surface area contributed by atoms with Crippen LogP contribution in [-0.4, -0.2) is 34.1 Å². The predicted octanol–water partition coefficient (Wildman–Crippen LogP) is 6.85. The highest BCUT2D eigenvalue weighted by Crippen LogP contribution is 2.35. The molecule has 1 heterocycles. The molecule has 2 N–H and O–H groups in total. The molecule has 1 fully saturated rings. The number of piperidine rings is 1. The summed E-state index contributed by atoms with van der Waals surface area (Å²) < 4.78 is 0. The lowest BCUT2D eigenvalue weighted by molar-refractivity contribution is 0.0673. The van der Waals surface area contributed by atoms with Gasteiger partial charge in [0.15, 0.2) is 0 Å². The molecule has 0 saturated carbocycles. The summed E-state index contributed by atoms with van der Waals surface area (Å²) >= 11 is 0. The van der Waals surface area contributed by atoms with Gasteiger partial charge in [-0.3, -0.25) is 4.79 Å². The average Bonchev–Trinajstić information content (AvgIpc) is 2.82. The summed E-state index contributed by atoms with van der Waals surface area (Å²) in [6.07, 6.45) is 11.1. The first-order valence-corrected chi connectivity index (χ1v) is 11.6. The third-order valence-electron chi connectivity index (χ3n) is 5.51. The number of allylic oxidation sites excluding steroid dienone is 4. The summed E-state index contributed by atoms with van der Waals surface area (Å²) in [4.78, 5) is 14.3. The molecule has 4 heteroatoms. The van der Waals surface area contributed by atoms with E-state index in [-0.39, 0.29) is 28.4 Å². The van der Waals surface area contributed by atoms with Crippen molar-refractivity contribution < 1.29 is 15.0 Å². The van der Waals surface area contributed by atoms with E-state index in [1.807, 2.05) is 51.1 Å². The second-order valence-corrected chi connectivity index (χ2v) is 7.78. The van der Waals surface area contributed by atoms with Gasteiger partial charge in [0.2, 0.25) is 0 Å². The summed E-state index contributed by atoms with van der Waals surface area (Å²) in [5, 5.41) is 19.2. The normalized spacial score (nSPS) is 15.0. The van der Waals surface area contributed by atoms with Gasteiger partial charge in [-0.05, 0) is 49.3 Å². The molecule has 2 aromatic rings. The van der Waals surface area contributed by atoms with Crippen molar-refractivity contribution in [2.75, 3.05) is 13.1 Å². The van der Waals surface area contributed by atoms with Gasteiger partial charge >= 0.3 is 0 Å². The van der Waals surface area contributed by atoms with Gasteiger partial charge in [-0.25, -0.2) is 0 Å². The minimum Gasteiger partial charge on any atom is -0.508 e. The molecule has 0 bridgehead atoms. The van der Waals surface area contributed by atoms with Gasteiger partial charge in [-0.2, -0.15) is 0 Å². The summed E-state index contributed by atoms with van der Waals surface area (Å²) in [5.74, 6) is -0.404. The molecule has 0 aromatic heterocycles. The Bertz CT molecular complexity index is 864. The number of aromatic hydroxyl groups is 2. The van der Waals surface area contributed by atoms with Gasteiger partial charge in [0.25, 0.3) is 5.91 Å². The molecule has 3 rings (SSSR count). The zero-order valence-electron chi connectivity index (χ0n) is 20.2. The molecule has 0 aliphatic carbocycles. The van der Waals surface area contributed by atoms with E-state index in [2.05, 4.69) is 38.1 Å². The Kier molecular flexibility index (Phi) is 11.9. The van der Waals surface area contributed by atoms with E-state index in [4.69, 9.17) is 0 Å². The van der Waals surface area contributed by atoms with Crippen molar-refractivity contribution in [1.29, 1.82) is 0 Å². The summed E-state index contributed by atoms with van der Waals surface area (Å²) in [6, 6.07) is 14.5. The van der Waals surface area contributed by atoms with Crippen molar-refractivity contribution in [3.05, 3.63) is 84.0 Å². The Labute approximate surface area is 193 Å². The number of carbonyl (C=O) groups is 1. The van der Waals surface area contributed by atoms with E-state index in [1.54, 1.807) is 4.90 Å². The maximum absolute atomic E-state index is 12.6. The number of likely N-dealkylation sites (tertiary alicyclic amines) is 1. The quantitative estimate of drug-likeness (QED) is 0.514. The predicted molar refractivity (Wildman–Crippen MR) is 134 cm³/mol. The molecule has 32 heavy (non-hydrogen) atoms. The molecule has 0 atom stereocenters. The Morgan fingerprint density at radius 2 is 1.66 bits per heavy atom. The molecule has 1 saturated heterocycles. The fraction of sp³-hybridized carbons (Fsp3) is 0.393. The first-order chi connectivity index (χ1) is 15.4. The van der Waals surface area contributed by atoms with Crippen LogP contribution in [0, 0.1) is 0 Å². The lowest BCUT2D eigenvalue weighted by atomic mass is 9.74. The van der Waals surface area contributed by atoms with E-state index < -0.39 is 0 Å². The fourth-order valence-electron chi connectivity index (χ4n) is 3.53. The lowest BCUT2D eigenvalue weighted by Crippen LogP contribution is -2.43. The molecule has 174 valence electrons. The third-order valence-corrected chi connectivity index (χ3v) is 5.51. The smallest absolute Gasteiger partial charge is 0.257 e. The summed E-state index contributed by atoms with van der Waals surface area (Å²) in [5.41, 5.74) is 1.63. The van der Waals surface area contributed by atoms with Crippen LogP contribution in [0.15, 0.2) is 72.8 Å². The average molecular weight is 438 g/mol. The molecule has 1 amide bonds. The van der Waals surface area contributed by atoms with Crippen LogP contribution in [0.3, 0.4) is 0 Å². The van der Waals surface area contributed by atoms with E-state index in [0.717, 1.165) is 19.3 Å². The summed E-state index contributed by atoms with van der Waals surface area (Å²) in [6.45, 7) is 11.7. The van der Waals surface area contributed by atoms with Crippen molar-refractivity contribution in [1.82, 2.24) is 4.90 Å². The Morgan fingerprint density at radius 1 is 1.03 bits per heavy atom. The van der Waals surface area contributed by atoms with Gasteiger partial charge in [-0.15, -0.1) is 0 Å². The van der Waals surface area contributed by atoms with Gasteiger partial charge in [0.1, 0.15) is 11.5 Å². The second kappa shape index (κ2) is 14.1. The minimum absolute atomic E-state index is 0.0469. The number of phenolic OH excluding ortho intramolecular Hbond substituents is 2. The molecular weight excluding hydrogens is 398 g/mol. The number of carbonyl (C=O) groups excluding carboxylic acids is 1. The number of hydrogen-bond donors (Lipinski definition) is 2. The molecular formula is C28H39NO3. The van der Waals surface area contributed by atoms with E-state index in [0.29, 0.717) is 13.1 Å². The van der Waals surface area contributed by atoms with E-state index in [9.17, 15) is 15.0 Å². The number of nitrogens with zero attached hydrogens (tertiary/aromatic N) is 1. The van der Waals surface area contributed by atoms with Gasteiger partial charge in [-0.1, -0.05) is 82.3 Å². The maximum Gasteiger partial charge on any atom is 0.257 e. The van der Waals surface area contributed by atoms with Crippen LogP contribution in [0.4, 0.5) is 0 Å². The van der Waals surface area contributed by atoms with Crippen molar-refractivity contribution in [2.45, 2.75) is 59.3 Å². The fourth-order valence-corrected chi connectivity index (χ4v) is 3.53. The van der Waals surface area contributed by atoms with Crippen molar-refractivity contribution in [3.63, 3.8) is 0 Å². The van der Waals surface area contributed by atoms with Crippen LogP contribution in [0.1, 0.15) is 69.8 Å². The number of rotatable bonds is 4. The number of amides is 1. The Hall–Kier alpha value is -3.01. The first kappa shape index (κ1) is 27.0. The third kappa shape index (κ3) is 7.92. The van der Waals surface area contributed by atoms with Crippen LogP contribution < -0.4 is 0 Å². The largest absolute Gasteiger partial charge is 0.508 e. The number of hydrogen-bond acceptors (Lipinski definition) is 3. The molecule has 1 aliphatic rings. The second-order valence-electron chi connectivity index (χ2n) is 7.78. The minimum atomic E-state index is -0.183. The van der Waals surface area contributed by atoms with Crippen LogP contribution >= 0.6 is 0 Å². The van der Waals surface area contributed by atoms with Crippen molar-refractivity contribution in [3.8, 4) is 11.5 Å². The van der Waals surface area contributed by atoms with Crippen LogP contribution in [0.2, 0.25) is 0 Å². The molecule has 1 aliphatic heterocycles. The van der Waals surface area contributed by atoms with Gasteiger partial charge in [0.05, 0.1) is 5.56 Å². The van der Waals surface area contributed by atoms with E-state index in [1.165, 1.54) is 23.8 Å². The molecule has 0 unspecified atom stereocenters. The first-order valence-electron chi connectivity index (χ1n) is 11.6. The van der Waals surface area contributed by atoms with Crippen molar-refractivity contribution >= 4 is 5.91 Å². The highest BCUT2D eigenvalue weighted by atomic mass is 16.3. The summed E-state index contributed by atoms with van der Waals surface area (Å²) in [7, 11) is 0. The Morgan fingerprint density at radius 3 is 2.19 bits per heavy atom. The topological polar surface area (TPSA) is 60.8 Å². The monoisotopic (exact) mass is 437 g/mol. The highest BCUT2D eigenvalue weighted by molar-refractivity contribution is 5.97.